The first-order valence-corrected chi connectivity index (χ1v) is 6.07. The SMILES string of the molecule is CCN1[C@@H](C)Cc2[nH]ccc2[C@H]1C(C)C. The van der Waals surface area contributed by atoms with E-state index in [1.807, 2.05) is 0 Å². The van der Waals surface area contributed by atoms with Gasteiger partial charge in [-0.25, -0.2) is 0 Å². The highest BCUT2D eigenvalue weighted by molar-refractivity contribution is 5.28. The molecule has 0 aromatic carbocycles. The van der Waals surface area contributed by atoms with Crippen LogP contribution in [0.1, 0.15) is 45.0 Å². The number of hydrogen-bond donors (Lipinski definition) is 1. The van der Waals surface area contributed by atoms with Gasteiger partial charge in [0.15, 0.2) is 0 Å². The normalized spacial score (nSPS) is 27.0. The fourth-order valence-corrected chi connectivity index (χ4v) is 2.99. The molecule has 0 aliphatic carbocycles. The van der Waals surface area contributed by atoms with Crippen LogP contribution in [0, 0.1) is 5.92 Å². The second kappa shape index (κ2) is 4.01. The van der Waals surface area contributed by atoms with E-state index in [1.165, 1.54) is 17.7 Å². The van der Waals surface area contributed by atoms with E-state index in [0.717, 1.165) is 6.54 Å². The van der Waals surface area contributed by atoms with Gasteiger partial charge in [-0.15, -0.1) is 0 Å². The number of likely N-dealkylation sites (N-methyl/N-ethyl adjacent to an activating group) is 1. The van der Waals surface area contributed by atoms with E-state index in [1.54, 1.807) is 0 Å². The average molecular weight is 206 g/mol. The smallest absolute Gasteiger partial charge is 0.0391 e. The molecule has 1 aliphatic heterocycles. The van der Waals surface area contributed by atoms with Crippen LogP contribution in [0.2, 0.25) is 0 Å². The Hall–Kier alpha value is -0.760. The Kier molecular flexibility index (Phi) is 2.87. The molecule has 2 heterocycles. The maximum atomic E-state index is 3.39. The lowest BCUT2D eigenvalue weighted by Gasteiger charge is -2.42. The predicted octanol–water partition coefficient (Wildman–Crippen LogP) is 2.98. The molecule has 2 nitrogen and oxygen atoms in total. The highest BCUT2D eigenvalue weighted by Gasteiger charge is 2.33. The van der Waals surface area contributed by atoms with Crippen molar-refractivity contribution in [1.29, 1.82) is 0 Å². The summed E-state index contributed by atoms with van der Waals surface area (Å²) in [6.07, 6.45) is 3.26. The molecule has 0 radical (unpaired) electrons. The Labute approximate surface area is 92.7 Å². The van der Waals surface area contributed by atoms with E-state index in [0.29, 0.717) is 18.0 Å². The van der Waals surface area contributed by atoms with Gasteiger partial charge in [-0.3, -0.25) is 4.90 Å². The Bertz CT molecular complexity index is 327. The van der Waals surface area contributed by atoms with Crippen LogP contribution in [-0.4, -0.2) is 22.5 Å². The van der Waals surface area contributed by atoms with E-state index < -0.39 is 0 Å². The lowest BCUT2D eigenvalue weighted by atomic mass is 9.87. The minimum absolute atomic E-state index is 0.597. The largest absolute Gasteiger partial charge is 0.365 e. The van der Waals surface area contributed by atoms with Crippen LogP contribution in [0.3, 0.4) is 0 Å². The predicted molar refractivity (Wildman–Crippen MR) is 63.9 cm³/mol. The third-order valence-electron chi connectivity index (χ3n) is 3.61. The molecule has 2 heteroatoms. The van der Waals surface area contributed by atoms with Crippen LogP contribution in [-0.2, 0) is 6.42 Å². The topological polar surface area (TPSA) is 19.0 Å². The molecule has 0 bridgehead atoms. The molecule has 0 fully saturated rings. The zero-order valence-electron chi connectivity index (χ0n) is 10.2. The van der Waals surface area contributed by atoms with Gasteiger partial charge in [0.05, 0.1) is 0 Å². The number of hydrogen-bond acceptors (Lipinski definition) is 1. The second-order valence-electron chi connectivity index (χ2n) is 4.98. The second-order valence-corrected chi connectivity index (χ2v) is 4.98. The van der Waals surface area contributed by atoms with E-state index in [9.17, 15) is 0 Å². The van der Waals surface area contributed by atoms with Gasteiger partial charge in [-0.2, -0.15) is 0 Å². The van der Waals surface area contributed by atoms with Crippen LogP contribution in [0.5, 0.6) is 0 Å². The summed E-state index contributed by atoms with van der Waals surface area (Å²) in [4.78, 5) is 6.02. The summed E-state index contributed by atoms with van der Waals surface area (Å²) in [7, 11) is 0. The molecule has 0 saturated carbocycles. The summed E-state index contributed by atoms with van der Waals surface area (Å²) in [6.45, 7) is 10.4. The Morgan fingerprint density at radius 1 is 1.53 bits per heavy atom. The van der Waals surface area contributed by atoms with Crippen molar-refractivity contribution in [2.24, 2.45) is 5.92 Å². The van der Waals surface area contributed by atoms with Crippen LogP contribution in [0.25, 0.3) is 0 Å². The van der Waals surface area contributed by atoms with Crippen molar-refractivity contribution >= 4 is 0 Å². The van der Waals surface area contributed by atoms with E-state index >= 15 is 0 Å². The molecule has 15 heavy (non-hydrogen) atoms. The van der Waals surface area contributed by atoms with Crippen LogP contribution < -0.4 is 0 Å². The molecule has 2 rings (SSSR count). The van der Waals surface area contributed by atoms with Gasteiger partial charge in [-0.1, -0.05) is 20.8 Å². The van der Waals surface area contributed by atoms with E-state index in [-0.39, 0.29) is 0 Å². The number of aromatic nitrogens is 1. The lowest BCUT2D eigenvalue weighted by Crippen LogP contribution is -2.43. The van der Waals surface area contributed by atoms with Gasteiger partial charge in [0.1, 0.15) is 0 Å². The summed E-state index contributed by atoms with van der Waals surface area (Å²) < 4.78 is 0. The summed E-state index contributed by atoms with van der Waals surface area (Å²) in [5.74, 6) is 0.683. The third-order valence-corrected chi connectivity index (χ3v) is 3.61. The third kappa shape index (κ3) is 1.71. The number of rotatable bonds is 2. The standard InChI is InChI=1S/C13H22N2/c1-5-15-10(4)8-12-11(6-7-14-12)13(15)9(2)3/h6-7,9-10,13-14H,5,8H2,1-4H3/t10-,13+/m0/s1. The first-order chi connectivity index (χ1) is 7.15. The zero-order valence-corrected chi connectivity index (χ0v) is 10.2. The number of aromatic amines is 1. The molecule has 1 aromatic heterocycles. The highest BCUT2D eigenvalue weighted by atomic mass is 15.2. The lowest BCUT2D eigenvalue weighted by molar-refractivity contribution is 0.101. The maximum absolute atomic E-state index is 3.39. The molecular formula is C13H22N2. The van der Waals surface area contributed by atoms with Gasteiger partial charge in [0, 0.05) is 30.4 Å². The van der Waals surface area contributed by atoms with Crippen molar-refractivity contribution in [3.05, 3.63) is 23.5 Å². The average Bonchev–Trinajstić information content (AvgIpc) is 2.62. The number of nitrogens with zero attached hydrogens (tertiary/aromatic N) is 1. The minimum Gasteiger partial charge on any atom is -0.365 e. The first-order valence-electron chi connectivity index (χ1n) is 6.07. The molecule has 1 aliphatic rings. The van der Waals surface area contributed by atoms with Crippen LogP contribution >= 0.6 is 0 Å². The van der Waals surface area contributed by atoms with Gasteiger partial charge in [0.25, 0.3) is 0 Å². The van der Waals surface area contributed by atoms with Crippen LogP contribution in [0.15, 0.2) is 12.3 Å². The first kappa shape index (κ1) is 10.7. The van der Waals surface area contributed by atoms with Crippen molar-refractivity contribution in [2.75, 3.05) is 6.54 Å². The Morgan fingerprint density at radius 2 is 2.27 bits per heavy atom. The highest BCUT2D eigenvalue weighted by Crippen LogP contribution is 2.36. The minimum atomic E-state index is 0.597. The molecule has 2 atom stereocenters. The van der Waals surface area contributed by atoms with E-state index in [4.69, 9.17) is 0 Å². The Balaban J connectivity index is 2.39. The molecule has 84 valence electrons. The molecular weight excluding hydrogens is 184 g/mol. The fourth-order valence-electron chi connectivity index (χ4n) is 2.99. The maximum Gasteiger partial charge on any atom is 0.0391 e. The monoisotopic (exact) mass is 206 g/mol. The number of H-pyrrole nitrogens is 1. The summed E-state index contributed by atoms with van der Waals surface area (Å²) in [6, 6.07) is 3.52. The zero-order chi connectivity index (χ0) is 11.0. The Morgan fingerprint density at radius 3 is 2.87 bits per heavy atom. The van der Waals surface area contributed by atoms with Crippen molar-refractivity contribution in [3.8, 4) is 0 Å². The number of nitrogens with one attached hydrogen (secondary N) is 1. The van der Waals surface area contributed by atoms with Gasteiger partial charge in [-0.05, 0) is 31.0 Å². The molecule has 0 spiro atoms. The van der Waals surface area contributed by atoms with Gasteiger partial charge in [0.2, 0.25) is 0 Å². The van der Waals surface area contributed by atoms with Crippen molar-refractivity contribution < 1.29 is 0 Å². The molecule has 1 aromatic rings. The number of fused-ring (bicyclic) bond motifs is 1. The summed E-state index contributed by atoms with van der Waals surface area (Å²) in [5, 5.41) is 0. The summed E-state index contributed by atoms with van der Waals surface area (Å²) >= 11 is 0. The van der Waals surface area contributed by atoms with Gasteiger partial charge >= 0.3 is 0 Å². The summed E-state index contributed by atoms with van der Waals surface area (Å²) in [5.41, 5.74) is 2.97. The van der Waals surface area contributed by atoms with Crippen molar-refractivity contribution in [3.63, 3.8) is 0 Å². The van der Waals surface area contributed by atoms with Gasteiger partial charge < -0.3 is 4.98 Å². The fraction of sp³-hybridized carbons (Fsp3) is 0.692. The molecule has 0 saturated heterocycles. The van der Waals surface area contributed by atoms with Crippen molar-refractivity contribution in [1.82, 2.24) is 9.88 Å². The van der Waals surface area contributed by atoms with Crippen LogP contribution in [0.4, 0.5) is 0 Å². The molecule has 1 N–H and O–H groups in total. The van der Waals surface area contributed by atoms with E-state index in [2.05, 4.69) is 49.8 Å². The molecule has 0 amide bonds. The quantitative estimate of drug-likeness (QED) is 0.788. The molecule has 0 unspecified atom stereocenters. The van der Waals surface area contributed by atoms with Crippen molar-refractivity contribution in [2.45, 2.75) is 46.2 Å².